The molecule has 6 nitrogen and oxygen atoms in total. The highest BCUT2D eigenvalue weighted by atomic mass is 35.5. The number of halogens is 1. The Morgan fingerprint density at radius 2 is 2.00 bits per heavy atom. The van der Waals surface area contributed by atoms with Gasteiger partial charge < -0.3 is 14.4 Å². The van der Waals surface area contributed by atoms with Crippen molar-refractivity contribution >= 4 is 28.4 Å². The standard InChI is InChI=1S/C20H17ClN4O2/c1-25(20(26)13-5-3-2-4-6-13)10-9-18-23-19(27-24-18)17-12-14-11-15(21)7-8-16(14)22-17/h2-8,11-12,22H,9-10H2,1H3. The van der Waals surface area contributed by atoms with Crippen molar-refractivity contribution in [1.82, 2.24) is 20.0 Å². The number of amides is 1. The first kappa shape index (κ1) is 17.3. The molecule has 0 saturated heterocycles. The lowest BCUT2D eigenvalue weighted by Crippen LogP contribution is -2.29. The number of hydrogen-bond donors (Lipinski definition) is 1. The largest absolute Gasteiger partial charge is 0.351 e. The molecule has 0 radical (unpaired) electrons. The molecule has 0 atom stereocenters. The second kappa shape index (κ2) is 7.25. The van der Waals surface area contributed by atoms with Crippen LogP contribution in [0.25, 0.3) is 22.5 Å². The molecule has 0 bridgehead atoms. The zero-order chi connectivity index (χ0) is 18.8. The first-order chi connectivity index (χ1) is 13.1. The molecule has 4 aromatic rings. The van der Waals surface area contributed by atoms with Crippen LogP contribution >= 0.6 is 11.6 Å². The number of nitrogens with zero attached hydrogens (tertiary/aromatic N) is 3. The van der Waals surface area contributed by atoms with Gasteiger partial charge >= 0.3 is 0 Å². The highest BCUT2D eigenvalue weighted by Crippen LogP contribution is 2.25. The number of carbonyl (C=O) groups excluding carboxylic acids is 1. The van der Waals surface area contributed by atoms with Crippen LogP contribution in [-0.4, -0.2) is 39.5 Å². The first-order valence-corrected chi connectivity index (χ1v) is 8.90. The molecule has 2 heterocycles. The van der Waals surface area contributed by atoms with Gasteiger partial charge in [0.05, 0.1) is 0 Å². The molecule has 0 aliphatic carbocycles. The SMILES string of the molecule is CN(CCc1noc(-c2cc3cc(Cl)ccc3[nH]2)n1)C(=O)c1ccccc1. The summed E-state index contributed by atoms with van der Waals surface area (Å²) in [7, 11) is 1.76. The minimum absolute atomic E-state index is 0.0354. The maximum atomic E-state index is 12.4. The summed E-state index contributed by atoms with van der Waals surface area (Å²) in [6.45, 7) is 0.495. The maximum absolute atomic E-state index is 12.4. The van der Waals surface area contributed by atoms with E-state index in [-0.39, 0.29) is 5.91 Å². The van der Waals surface area contributed by atoms with Gasteiger partial charge in [0.2, 0.25) is 0 Å². The summed E-state index contributed by atoms with van der Waals surface area (Å²) in [6, 6.07) is 16.7. The molecule has 1 N–H and O–H groups in total. The van der Waals surface area contributed by atoms with Crippen LogP contribution in [0.3, 0.4) is 0 Å². The molecule has 0 fully saturated rings. The predicted octanol–water partition coefficient (Wildman–Crippen LogP) is 4.19. The molecule has 0 aliphatic rings. The Morgan fingerprint density at radius 1 is 1.19 bits per heavy atom. The topological polar surface area (TPSA) is 75.0 Å². The van der Waals surface area contributed by atoms with E-state index in [1.807, 2.05) is 42.5 Å². The highest BCUT2D eigenvalue weighted by molar-refractivity contribution is 6.31. The second-order valence-electron chi connectivity index (χ2n) is 6.27. The third-order valence-electron chi connectivity index (χ3n) is 4.32. The predicted molar refractivity (Wildman–Crippen MR) is 104 cm³/mol. The number of hydrogen-bond acceptors (Lipinski definition) is 4. The summed E-state index contributed by atoms with van der Waals surface area (Å²) in [6.07, 6.45) is 0.505. The number of rotatable bonds is 5. The van der Waals surface area contributed by atoms with E-state index in [4.69, 9.17) is 16.1 Å². The van der Waals surface area contributed by atoms with E-state index in [2.05, 4.69) is 15.1 Å². The molecule has 2 aromatic heterocycles. The zero-order valence-electron chi connectivity index (χ0n) is 14.6. The minimum Gasteiger partial charge on any atom is -0.351 e. The molecule has 27 heavy (non-hydrogen) atoms. The lowest BCUT2D eigenvalue weighted by Gasteiger charge is -2.15. The van der Waals surface area contributed by atoms with Gasteiger partial charge in [-0.25, -0.2) is 0 Å². The van der Waals surface area contributed by atoms with Crippen LogP contribution in [0.5, 0.6) is 0 Å². The van der Waals surface area contributed by atoms with Gasteiger partial charge in [0, 0.05) is 41.5 Å². The van der Waals surface area contributed by atoms with Gasteiger partial charge in [-0.15, -0.1) is 0 Å². The Bertz CT molecular complexity index is 1090. The molecule has 1 amide bonds. The summed E-state index contributed by atoms with van der Waals surface area (Å²) < 4.78 is 5.36. The van der Waals surface area contributed by atoms with Crippen molar-refractivity contribution in [2.75, 3.05) is 13.6 Å². The Hall–Kier alpha value is -3.12. The molecule has 7 heteroatoms. The molecular formula is C20H17ClN4O2. The molecule has 0 spiro atoms. The average molecular weight is 381 g/mol. The third kappa shape index (κ3) is 3.71. The number of benzene rings is 2. The molecule has 0 saturated carbocycles. The van der Waals surface area contributed by atoms with Crippen molar-refractivity contribution in [3.63, 3.8) is 0 Å². The van der Waals surface area contributed by atoms with Crippen molar-refractivity contribution < 1.29 is 9.32 Å². The highest BCUT2D eigenvalue weighted by Gasteiger charge is 2.15. The summed E-state index contributed by atoms with van der Waals surface area (Å²) in [5, 5.41) is 5.66. The fourth-order valence-electron chi connectivity index (χ4n) is 2.85. The van der Waals surface area contributed by atoms with E-state index in [9.17, 15) is 4.79 Å². The third-order valence-corrected chi connectivity index (χ3v) is 4.55. The van der Waals surface area contributed by atoms with E-state index in [0.29, 0.717) is 35.3 Å². The maximum Gasteiger partial charge on any atom is 0.274 e. The lowest BCUT2D eigenvalue weighted by atomic mass is 10.2. The van der Waals surface area contributed by atoms with Crippen LogP contribution in [0.4, 0.5) is 0 Å². The Labute approximate surface area is 160 Å². The van der Waals surface area contributed by atoms with Crippen molar-refractivity contribution in [3.8, 4) is 11.6 Å². The Morgan fingerprint density at radius 3 is 2.81 bits per heavy atom. The monoisotopic (exact) mass is 380 g/mol. The smallest absolute Gasteiger partial charge is 0.274 e. The van der Waals surface area contributed by atoms with E-state index >= 15 is 0 Å². The average Bonchev–Trinajstić information content (AvgIpc) is 3.32. The van der Waals surface area contributed by atoms with E-state index < -0.39 is 0 Å². The minimum atomic E-state index is -0.0354. The van der Waals surface area contributed by atoms with Gasteiger partial charge in [-0.3, -0.25) is 4.79 Å². The fourth-order valence-corrected chi connectivity index (χ4v) is 3.03. The molecule has 136 valence electrons. The summed E-state index contributed by atoms with van der Waals surface area (Å²) in [5.74, 6) is 0.926. The number of fused-ring (bicyclic) bond motifs is 1. The quantitative estimate of drug-likeness (QED) is 0.563. The molecule has 2 aromatic carbocycles. The van der Waals surface area contributed by atoms with E-state index in [1.165, 1.54) is 0 Å². The van der Waals surface area contributed by atoms with Gasteiger partial charge in [-0.2, -0.15) is 4.98 Å². The van der Waals surface area contributed by atoms with Crippen LogP contribution in [0.2, 0.25) is 5.02 Å². The number of nitrogens with one attached hydrogen (secondary N) is 1. The van der Waals surface area contributed by atoms with Crippen LogP contribution in [-0.2, 0) is 6.42 Å². The van der Waals surface area contributed by atoms with Crippen molar-refractivity contribution in [2.24, 2.45) is 0 Å². The van der Waals surface area contributed by atoms with Gasteiger partial charge in [0.1, 0.15) is 5.69 Å². The summed E-state index contributed by atoms with van der Waals surface area (Å²) >= 11 is 6.02. The van der Waals surface area contributed by atoms with E-state index in [1.54, 1.807) is 24.1 Å². The van der Waals surface area contributed by atoms with Crippen molar-refractivity contribution in [3.05, 3.63) is 71.0 Å². The van der Waals surface area contributed by atoms with Crippen molar-refractivity contribution in [1.29, 1.82) is 0 Å². The molecular weight excluding hydrogens is 364 g/mol. The van der Waals surface area contributed by atoms with Crippen LogP contribution < -0.4 is 0 Å². The van der Waals surface area contributed by atoms with E-state index in [0.717, 1.165) is 16.6 Å². The normalized spacial score (nSPS) is 11.0. The fraction of sp³-hybridized carbons (Fsp3) is 0.150. The summed E-state index contributed by atoms with van der Waals surface area (Å²) in [5.41, 5.74) is 2.34. The molecule has 0 aliphatic heterocycles. The molecule has 0 unspecified atom stereocenters. The number of H-pyrrole nitrogens is 1. The molecule has 4 rings (SSSR count). The van der Waals surface area contributed by atoms with Gasteiger partial charge in [0.15, 0.2) is 5.82 Å². The van der Waals surface area contributed by atoms with Crippen LogP contribution in [0.1, 0.15) is 16.2 Å². The van der Waals surface area contributed by atoms with Crippen LogP contribution in [0, 0.1) is 0 Å². The first-order valence-electron chi connectivity index (χ1n) is 8.52. The number of likely N-dealkylation sites (N-methyl/N-ethyl adjacent to an activating group) is 1. The number of aromatic nitrogens is 3. The lowest BCUT2D eigenvalue weighted by molar-refractivity contribution is 0.0796. The Kier molecular flexibility index (Phi) is 4.64. The van der Waals surface area contributed by atoms with Crippen molar-refractivity contribution in [2.45, 2.75) is 6.42 Å². The van der Waals surface area contributed by atoms with Gasteiger partial charge in [-0.1, -0.05) is 35.0 Å². The van der Waals surface area contributed by atoms with Gasteiger partial charge in [0.25, 0.3) is 11.8 Å². The Balaban J connectivity index is 1.44. The number of carbonyl (C=O) groups is 1. The summed E-state index contributed by atoms with van der Waals surface area (Å²) in [4.78, 5) is 21.7. The van der Waals surface area contributed by atoms with Crippen LogP contribution in [0.15, 0.2) is 59.1 Å². The second-order valence-corrected chi connectivity index (χ2v) is 6.71. The zero-order valence-corrected chi connectivity index (χ0v) is 15.4. The van der Waals surface area contributed by atoms with Gasteiger partial charge in [-0.05, 0) is 36.4 Å². The number of aromatic amines is 1.